The number of nitrogens with zero attached hydrogens (tertiary/aromatic N) is 1. The molecule has 3 rings (SSSR count). The standard InChI is InChI=1S/C17H22N2S2/c1-12-17(20-13(2)19-12)11-18-14-7-9-16(10-8-14)21-15-5-3-4-6-15/h7-10,15,18H,3-6,11H2,1-2H3. The maximum atomic E-state index is 4.47. The first-order chi connectivity index (χ1) is 10.2. The minimum atomic E-state index is 0.839. The summed E-state index contributed by atoms with van der Waals surface area (Å²) in [6, 6.07) is 8.88. The van der Waals surface area contributed by atoms with Gasteiger partial charge in [-0.05, 0) is 51.0 Å². The van der Waals surface area contributed by atoms with Crippen molar-refractivity contribution in [3.8, 4) is 0 Å². The number of hydrogen-bond acceptors (Lipinski definition) is 4. The number of aryl methyl sites for hydroxylation is 2. The van der Waals surface area contributed by atoms with Gasteiger partial charge in [0.1, 0.15) is 0 Å². The third-order valence-electron chi connectivity index (χ3n) is 3.91. The van der Waals surface area contributed by atoms with E-state index in [0.29, 0.717) is 0 Å². The van der Waals surface area contributed by atoms with Gasteiger partial charge in [-0.15, -0.1) is 23.1 Å². The van der Waals surface area contributed by atoms with Crippen LogP contribution in [0.1, 0.15) is 41.3 Å². The summed E-state index contributed by atoms with van der Waals surface area (Å²) in [6.07, 6.45) is 5.58. The van der Waals surface area contributed by atoms with Crippen LogP contribution in [0.25, 0.3) is 0 Å². The van der Waals surface area contributed by atoms with Crippen LogP contribution in [0.3, 0.4) is 0 Å². The van der Waals surface area contributed by atoms with Crippen LogP contribution in [0.4, 0.5) is 5.69 Å². The first-order valence-corrected chi connectivity index (χ1v) is 9.34. The minimum absolute atomic E-state index is 0.839. The molecule has 0 radical (unpaired) electrons. The Morgan fingerprint density at radius 3 is 2.52 bits per heavy atom. The molecule has 1 N–H and O–H groups in total. The van der Waals surface area contributed by atoms with E-state index in [9.17, 15) is 0 Å². The number of aromatic nitrogens is 1. The summed E-state index contributed by atoms with van der Waals surface area (Å²) in [5.41, 5.74) is 2.34. The van der Waals surface area contributed by atoms with Crippen molar-refractivity contribution in [1.82, 2.24) is 4.98 Å². The predicted octanol–water partition coefficient (Wildman–Crippen LogP) is 5.41. The molecule has 112 valence electrons. The van der Waals surface area contributed by atoms with Crippen LogP contribution in [0.15, 0.2) is 29.2 Å². The van der Waals surface area contributed by atoms with Crippen LogP contribution in [-0.2, 0) is 6.54 Å². The van der Waals surface area contributed by atoms with Crippen LogP contribution in [-0.4, -0.2) is 10.2 Å². The van der Waals surface area contributed by atoms with E-state index in [1.807, 2.05) is 11.8 Å². The third kappa shape index (κ3) is 4.01. The molecule has 1 fully saturated rings. The monoisotopic (exact) mass is 318 g/mol. The summed E-state index contributed by atoms with van der Waals surface area (Å²) in [5.74, 6) is 0. The van der Waals surface area contributed by atoms with Gasteiger partial charge in [0.25, 0.3) is 0 Å². The van der Waals surface area contributed by atoms with Gasteiger partial charge in [-0.2, -0.15) is 0 Å². The second-order valence-electron chi connectivity index (χ2n) is 5.64. The fraction of sp³-hybridized carbons (Fsp3) is 0.471. The lowest BCUT2D eigenvalue weighted by molar-refractivity contribution is 0.886. The Bertz CT molecular complexity index is 583. The average Bonchev–Trinajstić information content (AvgIpc) is 3.08. The van der Waals surface area contributed by atoms with Gasteiger partial charge in [-0.25, -0.2) is 4.98 Å². The highest BCUT2D eigenvalue weighted by molar-refractivity contribution is 8.00. The maximum absolute atomic E-state index is 4.47. The Balaban J connectivity index is 1.55. The molecule has 21 heavy (non-hydrogen) atoms. The molecule has 0 amide bonds. The fourth-order valence-electron chi connectivity index (χ4n) is 2.77. The van der Waals surface area contributed by atoms with E-state index in [1.54, 1.807) is 11.3 Å². The van der Waals surface area contributed by atoms with E-state index >= 15 is 0 Å². The number of hydrogen-bond donors (Lipinski definition) is 1. The Kier molecular flexibility index (Phi) is 4.86. The number of thiazole rings is 1. The lowest BCUT2D eigenvalue weighted by Crippen LogP contribution is -1.99. The lowest BCUT2D eigenvalue weighted by Gasteiger charge is -2.10. The molecule has 1 heterocycles. The van der Waals surface area contributed by atoms with Crippen LogP contribution in [0, 0.1) is 13.8 Å². The second kappa shape index (κ2) is 6.84. The molecule has 2 aromatic rings. The van der Waals surface area contributed by atoms with Crippen molar-refractivity contribution in [1.29, 1.82) is 0 Å². The maximum Gasteiger partial charge on any atom is 0.0900 e. The first kappa shape index (κ1) is 14.9. The molecule has 0 aliphatic heterocycles. The quantitative estimate of drug-likeness (QED) is 0.798. The topological polar surface area (TPSA) is 24.9 Å². The molecule has 2 nitrogen and oxygen atoms in total. The molecule has 1 aliphatic rings. The molecular weight excluding hydrogens is 296 g/mol. The summed E-state index contributed by atoms with van der Waals surface area (Å²) >= 11 is 3.82. The molecule has 4 heteroatoms. The van der Waals surface area contributed by atoms with E-state index in [4.69, 9.17) is 0 Å². The largest absolute Gasteiger partial charge is 0.380 e. The molecule has 0 spiro atoms. The Morgan fingerprint density at radius 1 is 1.19 bits per heavy atom. The molecule has 1 aliphatic carbocycles. The zero-order chi connectivity index (χ0) is 14.7. The van der Waals surface area contributed by atoms with Crippen molar-refractivity contribution >= 4 is 28.8 Å². The smallest absolute Gasteiger partial charge is 0.0900 e. The van der Waals surface area contributed by atoms with Crippen LogP contribution < -0.4 is 5.32 Å². The fourth-order valence-corrected chi connectivity index (χ4v) is 4.89. The first-order valence-electron chi connectivity index (χ1n) is 7.64. The van der Waals surface area contributed by atoms with E-state index in [0.717, 1.165) is 22.5 Å². The van der Waals surface area contributed by atoms with Gasteiger partial charge in [0.2, 0.25) is 0 Å². The number of nitrogens with one attached hydrogen (secondary N) is 1. The highest BCUT2D eigenvalue weighted by atomic mass is 32.2. The number of benzene rings is 1. The van der Waals surface area contributed by atoms with Gasteiger partial charge in [-0.1, -0.05) is 12.8 Å². The van der Waals surface area contributed by atoms with Gasteiger partial charge in [0, 0.05) is 20.7 Å². The summed E-state index contributed by atoms with van der Waals surface area (Å²) in [7, 11) is 0. The van der Waals surface area contributed by atoms with Gasteiger partial charge in [0.05, 0.1) is 17.2 Å². The Morgan fingerprint density at radius 2 is 1.90 bits per heavy atom. The Hall–Kier alpha value is -1.00. The zero-order valence-corrected chi connectivity index (χ0v) is 14.3. The molecular formula is C17H22N2S2. The minimum Gasteiger partial charge on any atom is -0.380 e. The molecule has 1 aromatic carbocycles. The SMILES string of the molecule is Cc1nc(C)c(CNc2ccc(SC3CCCC3)cc2)s1. The van der Waals surface area contributed by atoms with Crippen LogP contribution in [0.2, 0.25) is 0 Å². The van der Waals surface area contributed by atoms with Crippen molar-refractivity contribution in [2.75, 3.05) is 5.32 Å². The van der Waals surface area contributed by atoms with Crippen molar-refractivity contribution in [3.05, 3.63) is 39.8 Å². The van der Waals surface area contributed by atoms with Gasteiger partial charge in [-0.3, -0.25) is 0 Å². The summed E-state index contributed by atoms with van der Waals surface area (Å²) in [5, 5.41) is 5.48. The summed E-state index contributed by atoms with van der Waals surface area (Å²) in [6.45, 7) is 5.02. The van der Waals surface area contributed by atoms with Crippen molar-refractivity contribution in [2.24, 2.45) is 0 Å². The van der Waals surface area contributed by atoms with E-state index in [-0.39, 0.29) is 0 Å². The number of rotatable bonds is 5. The third-order valence-corrected chi connectivity index (χ3v) is 6.33. The van der Waals surface area contributed by atoms with Gasteiger partial charge in [0.15, 0.2) is 0 Å². The predicted molar refractivity (Wildman–Crippen MR) is 93.5 cm³/mol. The van der Waals surface area contributed by atoms with Gasteiger partial charge >= 0.3 is 0 Å². The molecule has 1 aromatic heterocycles. The molecule has 0 atom stereocenters. The van der Waals surface area contributed by atoms with E-state index in [2.05, 4.69) is 48.4 Å². The zero-order valence-electron chi connectivity index (χ0n) is 12.7. The average molecular weight is 319 g/mol. The van der Waals surface area contributed by atoms with Crippen molar-refractivity contribution in [3.63, 3.8) is 0 Å². The van der Waals surface area contributed by atoms with E-state index < -0.39 is 0 Å². The summed E-state index contributed by atoms with van der Waals surface area (Å²) < 4.78 is 0. The highest BCUT2D eigenvalue weighted by Gasteiger charge is 2.15. The lowest BCUT2D eigenvalue weighted by atomic mass is 10.3. The second-order valence-corrected chi connectivity index (χ2v) is 8.31. The number of thioether (sulfide) groups is 1. The molecule has 0 saturated heterocycles. The Labute approximate surface area is 135 Å². The molecule has 0 bridgehead atoms. The van der Waals surface area contributed by atoms with Crippen LogP contribution >= 0.6 is 23.1 Å². The van der Waals surface area contributed by atoms with Crippen LogP contribution in [0.5, 0.6) is 0 Å². The van der Waals surface area contributed by atoms with Gasteiger partial charge < -0.3 is 5.32 Å². The molecule has 0 unspecified atom stereocenters. The summed E-state index contributed by atoms with van der Waals surface area (Å²) in [4.78, 5) is 7.20. The molecule has 1 saturated carbocycles. The van der Waals surface area contributed by atoms with E-state index in [1.165, 1.54) is 41.1 Å². The van der Waals surface area contributed by atoms with Crippen molar-refractivity contribution in [2.45, 2.75) is 56.2 Å². The normalized spacial score (nSPS) is 15.5. The van der Waals surface area contributed by atoms with Crippen molar-refractivity contribution < 1.29 is 0 Å². The highest BCUT2D eigenvalue weighted by Crippen LogP contribution is 2.35. The number of anilines is 1.